The molecule has 5 nitrogen and oxygen atoms in total. The van der Waals surface area contributed by atoms with Gasteiger partial charge in [-0.15, -0.1) is 0 Å². The Balaban J connectivity index is 1.57. The first-order valence-electron chi connectivity index (χ1n) is 8.54. The summed E-state index contributed by atoms with van der Waals surface area (Å²) in [7, 11) is 0. The molecule has 1 amide bonds. The van der Waals surface area contributed by atoms with Gasteiger partial charge in [-0.3, -0.25) is 4.79 Å². The molecule has 1 aliphatic heterocycles. The highest BCUT2D eigenvalue weighted by atomic mass is 16.3. The molecule has 2 aromatic carbocycles. The van der Waals surface area contributed by atoms with Gasteiger partial charge in [0, 0.05) is 19.5 Å². The number of nitrogens with two attached hydrogens (primary N) is 1. The van der Waals surface area contributed by atoms with E-state index in [1.165, 1.54) is 11.1 Å². The van der Waals surface area contributed by atoms with Crippen molar-refractivity contribution in [3.63, 3.8) is 0 Å². The summed E-state index contributed by atoms with van der Waals surface area (Å²) in [6.45, 7) is 1.00. The molecule has 25 heavy (non-hydrogen) atoms. The number of carbonyl (C=O) groups is 1. The predicted molar refractivity (Wildman–Crippen MR) is 95.6 cm³/mol. The number of carbonyl (C=O) groups excluding carboxylic acids is 1. The molecule has 2 aromatic rings. The summed E-state index contributed by atoms with van der Waals surface area (Å²) in [4.78, 5) is 14.4. The zero-order chi connectivity index (χ0) is 17.8. The van der Waals surface area contributed by atoms with Crippen molar-refractivity contribution < 1.29 is 15.0 Å². The molecule has 0 aliphatic carbocycles. The van der Waals surface area contributed by atoms with Crippen LogP contribution >= 0.6 is 0 Å². The van der Waals surface area contributed by atoms with E-state index in [1.807, 2.05) is 48.5 Å². The van der Waals surface area contributed by atoms with Gasteiger partial charge >= 0.3 is 0 Å². The average molecular weight is 340 g/mol. The molecule has 1 aliphatic rings. The van der Waals surface area contributed by atoms with Gasteiger partial charge in [-0.2, -0.15) is 0 Å². The molecule has 3 rings (SSSR count). The first kappa shape index (κ1) is 17.6. The van der Waals surface area contributed by atoms with E-state index in [4.69, 9.17) is 10.8 Å². The van der Waals surface area contributed by atoms with E-state index in [-0.39, 0.29) is 12.5 Å². The lowest BCUT2D eigenvalue weighted by Gasteiger charge is -2.20. The van der Waals surface area contributed by atoms with Gasteiger partial charge in [-0.1, -0.05) is 48.5 Å². The molecule has 0 fully saturated rings. The third-order valence-corrected chi connectivity index (χ3v) is 4.63. The van der Waals surface area contributed by atoms with Gasteiger partial charge in [0.1, 0.15) is 0 Å². The summed E-state index contributed by atoms with van der Waals surface area (Å²) < 4.78 is 0. The molecule has 2 atom stereocenters. The summed E-state index contributed by atoms with van der Waals surface area (Å²) in [5.41, 5.74) is 10.4. The molecule has 4 N–H and O–H groups in total. The molecule has 0 radical (unpaired) electrons. The number of benzene rings is 2. The Morgan fingerprint density at radius 3 is 2.04 bits per heavy atom. The highest BCUT2D eigenvalue weighted by molar-refractivity contribution is 5.82. The SMILES string of the molecule is NC(Cc1ccc(CC(O)CO)cc1)C(=O)N1Cc2ccccc2C1. The third kappa shape index (κ3) is 4.25. The lowest BCUT2D eigenvalue weighted by molar-refractivity contribution is -0.133. The van der Waals surface area contributed by atoms with Crippen LogP contribution in [0.4, 0.5) is 0 Å². The van der Waals surface area contributed by atoms with E-state index in [2.05, 4.69) is 0 Å². The van der Waals surface area contributed by atoms with Crippen molar-refractivity contribution in [1.29, 1.82) is 0 Å². The molecule has 0 spiro atoms. The molecule has 5 heteroatoms. The van der Waals surface area contributed by atoms with Crippen molar-refractivity contribution in [2.75, 3.05) is 6.61 Å². The topological polar surface area (TPSA) is 86.8 Å². The minimum Gasteiger partial charge on any atom is -0.394 e. The quantitative estimate of drug-likeness (QED) is 0.732. The van der Waals surface area contributed by atoms with E-state index in [0.29, 0.717) is 25.9 Å². The summed E-state index contributed by atoms with van der Waals surface area (Å²) in [5.74, 6) is -0.0315. The number of aliphatic hydroxyl groups is 2. The highest BCUT2D eigenvalue weighted by Gasteiger charge is 2.26. The van der Waals surface area contributed by atoms with Crippen LogP contribution in [0.25, 0.3) is 0 Å². The Morgan fingerprint density at radius 1 is 1.00 bits per heavy atom. The fraction of sp³-hybridized carbons (Fsp3) is 0.350. The zero-order valence-corrected chi connectivity index (χ0v) is 14.1. The molecular weight excluding hydrogens is 316 g/mol. The van der Waals surface area contributed by atoms with Gasteiger partial charge in [0.05, 0.1) is 18.8 Å². The van der Waals surface area contributed by atoms with Crippen molar-refractivity contribution in [2.24, 2.45) is 5.73 Å². The maximum Gasteiger partial charge on any atom is 0.240 e. The van der Waals surface area contributed by atoms with Crippen LogP contribution < -0.4 is 5.73 Å². The number of hydrogen-bond acceptors (Lipinski definition) is 4. The lowest BCUT2D eigenvalue weighted by atomic mass is 10.0. The number of nitrogens with zero attached hydrogens (tertiary/aromatic N) is 1. The van der Waals surface area contributed by atoms with Gasteiger partial charge in [0.15, 0.2) is 0 Å². The first-order chi connectivity index (χ1) is 12.1. The maximum absolute atomic E-state index is 12.6. The number of rotatable bonds is 6. The molecule has 0 aromatic heterocycles. The second kappa shape index (κ2) is 7.78. The largest absolute Gasteiger partial charge is 0.394 e. The second-order valence-electron chi connectivity index (χ2n) is 6.63. The Kier molecular flexibility index (Phi) is 5.48. The Hall–Kier alpha value is -2.21. The Morgan fingerprint density at radius 2 is 1.52 bits per heavy atom. The minimum atomic E-state index is -0.744. The monoisotopic (exact) mass is 340 g/mol. The number of hydrogen-bond donors (Lipinski definition) is 3. The van der Waals surface area contributed by atoms with E-state index >= 15 is 0 Å². The highest BCUT2D eigenvalue weighted by Crippen LogP contribution is 2.23. The first-order valence-corrected chi connectivity index (χ1v) is 8.54. The Bertz CT molecular complexity index is 705. The Labute approximate surface area is 147 Å². The van der Waals surface area contributed by atoms with Crippen LogP contribution in [0.3, 0.4) is 0 Å². The van der Waals surface area contributed by atoms with Gasteiger partial charge in [0.2, 0.25) is 5.91 Å². The lowest BCUT2D eigenvalue weighted by Crippen LogP contribution is -2.42. The van der Waals surface area contributed by atoms with Crippen LogP contribution in [0.5, 0.6) is 0 Å². The van der Waals surface area contributed by atoms with Crippen LogP contribution in [-0.4, -0.2) is 39.8 Å². The second-order valence-corrected chi connectivity index (χ2v) is 6.63. The standard InChI is InChI=1S/C20H24N2O3/c21-19(10-15-7-5-14(6-8-15)9-18(24)13-23)20(25)22-11-16-3-1-2-4-17(16)12-22/h1-8,18-19,23-24H,9-13,21H2. The van der Waals surface area contributed by atoms with E-state index in [1.54, 1.807) is 4.90 Å². The van der Waals surface area contributed by atoms with Crippen molar-refractivity contribution >= 4 is 5.91 Å². The number of amides is 1. The average Bonchev–Trinajstić information content (AvgIpc) is 3.06. The smallest absolute Gasteiger partial charge is 0.240 e. The molecule has 1 heterocycles. The summed E-state index contributed by atoms with van der Waals surface area (Å²) in [5, 5.41) is 18.4. The van der Waals surface area contributed by atoms with Gasteiger partial charge < -0.3 is 20.8 Å². The van der Waals surface area contributed by atoms with Crippen LogP contribution in [0, 0.1) is 0 Å². The number of aliphatic hydroxyl groups excluding tert-OH is 2. The normalized spacial score (nSPS) is 15.7. The van der Waals surface area contributed by atoms with Gasteiger partial charge in [-0.05, 0) is 28.7 Å². The fourth-order valence-electron chi connectivity index (χ4n) is 3.21. The van der Waals surface area contributed by atoms with E-state index in [9.17, 15) is 9.90 Å². The van der Waals surface area contributed by atoms with Gasteiger partial charge in [0.25, 0.3) is 0 Å². The molecule has 0 saturated heterocycles. The van der Waals surface area contributed by atoms with Crippen molar-refractivity contribution in [3.05, 3.63) is 70.8 Å². The molecule has 0 bridgehead atoms. The van der Waals surface area contributed by atoms with Crippen LogP contribution in [0.2, 0.25) is 0 Å². The molecule has 0 saturated carbocycles. The molecule has 2 unspecified atom stereocenters. The van der Waals surface area contributed by atoms with Crippen molar-refractivity contribution in [3.8, 4) is 0 Å². The zero-order valence-electron chi connectivity index (χ0n) is 14.1. The summed E-state index contributed by atoms with van der Waals surface area (Å²) in [6, 6.07) is 15.2. The molecular formula is C20H24N2O3. The molecule has 132 valence electrons. The van der Waals surface area contributed by atoms with E-state index in [0.717, 1.165) is 11.1 Å². The number of fused-ring (bicyclic) bond motifs is 1. The van der Waals surface area contributed by atoms with E-state index < -0.39 is 12.1 Å². The maximum atomic E-state index is 12.6. The van der Waals surface area contributed by atoms with Crippen LogP contribution in [-0.2, 0) is 30.7 Å². The summed E-state index contributed by atoms with van der Waals surface area (Å²) in [6.07, 6.45) is 0.147. The van der Waals surface area contributed by atoms with Gasteiger partial charge in [-0.25, -0.2) is 0 Å². The predicted octanol–water partition coefficient (Wildman–Crippen LogP) is 0.994. The van der Waals surface area contributed by atoms with Crippen molar-refractivity contribution in [2.45, 2.75) is 38.1 Å². The minimum absolute atomic E-state index is 0.0315. The van der Waals surface area contributed by atoms with Crippen LogP contribution in [0.1, 0.15) is 22.3 Å². The van der Waals surface area contributed by atoms with Crippen molar-refractivity contribution in [1.82, 2.24) is 4.90 Å². The fourth-order valence-corrected chi connectivity index (χ4v) is 3.21. The summed E-state index contributed by atoms with van der Waals surface area (Å²) >= 11 is 0. The van der Waals surface area contributed by atoms with Crippen LogP contribution in [0.15, 0.2) is 48.5 Å². The third-order valence-electron chi connectivity index (χ3n) is 4.63.